The highest BCUT2D eigenvalue weighted by Crippen LogP contribution is 2.38. The van der Waals surface area contributed by atoms with Crippen molar-refractivity contribution in [2.75, 3.05) is 19.7 Å². The summed E-state index contributed by atoms with van der Waals surface area (Å²) in [6.07, 6.45) is 8.53. The molecule has 5 heteroatoms. The van der Waals surface area contributed by atoms with E-state index in [0.717, 1.165) is 12.0 Å². The van der Waals surface area contributed by atoms with Crippen molar-refractivity contribution >= 4 is 23.5 Å². The van der Waals surface area contributed by atoms with Gasteiger partial charge in [0.25, 0.3) is 5.91 Å². The standard InChI is InChI=1S/C25H28N2O3/c1-18-16-22(19(2)27(18)23-9-10-23)8-11-25(29)30-17-24(28)26-14-12-21(13-15-26)20-6-4-3-5-7-20/h3-8,11-12,16,23H,9-10,13-15,17H2,1-2H3/b11-8+. The van der Waals surface area contributed by atoms with Crippen LogP contribution in [0.1, 0.15) is 47.8 Å². The van der Waals surface area contributed by atoms with Crippen LogP contribution < -0.4 is 0 Å². The van der Waals surface area contributed by atoms with E-state index in [4.69, 9.17) is 4.74 Å². The third kappa shape index (κ3) is 4.56. The van der Waals surface area contributed by atoms with Gasteiger partial charge in [-0.25, -0.2) is 4.79 Å². The zero-order valence-corrected chi connectivity index (χ0v) is 17.6. The molecule has 0 atom stereocenters. The van der Waals surface area contributed by atoms with Gasteiger partial charge in [0.1, 0.15) is 0 Å². The second-order valence-corrected chi connectivity index (χ2v) is 8.05. The lowest BCUT2D eigenvalue weighted by atomic mass is 10.00. The molecule has 5 nitrogen and oxygen atoms in total. The zero-order chi connectivity index (χ0) is 21.1. The molecule has 156 valence electrons. The lowest BCUT2D eigenvalue weighted by molar-refractivity contribution is -0.147. The Bertz CT molecular complexity index is 997. The van der Waals surface area contributed by atoms with Gasteiger partial charge in [-0.2, -0.15) is 0 Å². The number of hydrogen-bond acceptors (Lipinski definition) is 3. The molecular formula is C25H28N2O3. The van der Waals surface area contributed by atoms with Crippen molar-refractivity contribution in [1.29, 1.82) is 0 Å². The van der Waals surface area contributed by atoms with Crippen molar-refractivity contribution < 1.29 is 14.3 Å². The van der Waals surface area contributed by atoms with E-state index in [2.05, 4.69) is 42.7 Å². The van der Waals surface area contributed by atoms with Crippen LogP contribution in [0, 0.1) is 13.8 Å². The van der Waals surface area contributed by atoms with Gasteiger partial charge >= 0.3 is 5.97 Å². The molecule has 0 unspecified atom stereocenters. The summed E-state index contributed by atoms with van der Waals surface area (Å²) < 4.78 is 7.52. The van der Waals surface area contributed by atoms with Crippen molar-refractivity contribution in [2.45, 2.75) is 39.2 Å². The Hall–Kier alpha value is -3.08. The van der Waals surface area contributed by atoms with Crippen molar-refractivity contribution in [3.8, 4) is 0 Å². The number of esters is 1. The summed E-state index contributed by atoms with van der Waals surface area (Å²) in [5.41, 5.74) is 5.86. The number of ether oxygens (including phenoxy) is 1. The number of benzene rings is 1. The fourth-order valence-electron chi connectivity index (χ4n) is 4.11. The monoisotopic (exact) mass is 404 g/mol. The quantitative estimate of drug-likeness (QED) is 0.532. The topological polar surface area (TPSA) is 51.5 Å². The molecule has 0 bridgehead atoms. The van der Waals surface area contributed by atoms with Gasteiger partial charge in [0, 0.05) is 36.6 Å². The normalized spacial score (nSPS) is 16.6. The van der Waals surface area contributed by atoms with Crippen molar-refractivity contribution in [1.82, 2.24) is 9.47 Å². The number of hydrogen-bond donors (Lipinski definition) is 0. The summed E-state index contributed by atoms with van der Waals surface area (Å²) in [5, 5.41) is 0. The fraction of sp³-hybridized carbons (Fsp3) is 0.360. The highest BCUT2D eigenvalue weighted by Gasteiger charge is 2.26. The first-order valence-corrected chi connectivity index (χ1v) is 10.6. The highest BCUT2D eigenvalue weighted by molar-refractivity contribution is 5.89. The van der Waals surface area contributed by atoms with Crippen LogP contribution in [-0.2, 0) is 14.3 Å². The molecular weight excluding hydrogens is 376 g/mol. The van der Waals surface area contributed by atoms with Gasteiger partial charge in [0.15, 0.2) is 6.61 Å². The Morgan fingerprint density at radius 2 is 1.93 bits per heavy atom. The van der Waals surface area contributed by atoms with Crippen molar-refractivity contribution in [3.63, 3.8) is 0 Å². The second-order valence-electron chi connectivity index (χ2n) is 8.05. The van der Waals surface area contributed by atoms with Crippen LogP contribution in [0.15, 0.2) is 48.6 Å². The summed E-state index contributed by atoms with van der Waals surface area (Å²) in [6, 6.07) is 12.9. The molecule has 2 heterocycles. The minimum Gasteiger partial charge on any atom is -0.452 e. The van der Waals surface area contributed by atoms with Crippen molar-refractivity contribution in [2.24, 2.45) is 0 Å². The Labute approximate surface area is 177 Å². The molecule has 0 spiro atoms. The van der Waals surface area contributed by atoms with Gasteiger partial charge in [0.2, 0.25) is 0 Å². The molecule has 1 aromatic carbocycles. The van der Waals surface area contributed by atoms with Gasteiger partial charge in [-0.05, 0) is 62.0 Å². The average Bonchev–Trinajstić information content (AvgIpc) is 3.56. The number of amides is 1. The SMILES string of the molecule is Cc1cc(/C=C/C(=O)OCC(=O)N2CC=C(c3ccccc3)CC2)c(C)n1C1CC1. The van der Waals surface area contributed by atoms with Crippen LogP contribution in [-0.4, -0.2) is 41.0 Å². The Morgan fingerprint density at radius 1 is 1.17 bits per heavy atom. The smallest absolute Gasteiger partial charge is 0.331 e. The maximum Gasteiger partial charge on any atom is 0.331 e. The van der Waals surface area contributed by atoms with E-state index in [1.165, 1.54) is 41.4 Å². The molecule has 1 aliphatic heterocycles. The predicted molar refractivity (Wildman–Crippen MR) is 118 cm³/mol. The summed E-state index contributed by atoms with van der Waals surface area (Å²) in [4.78, 5) is 26.2. The minimum atomic E-state index is -0.489. The maximum atomic E-state index is 12.4. The summed E-state index contributed by atoms with van der Waals surface area (Å²) in [7, 11) is 0. The molecule has 1 fully saturated rings. The molecule has 2 aliphatic rings. The predicted octanol–water partition coefficient (Wildman–Crippen LogP) is 4.31. The summed E-state index contributed by atoms with van der Waals surface area (Å²) in [5.74, 6) is -0.649. The van der Waals surface area contributed by atoms with E-state index in [-0.39, 0.29) is 12.5 Å². The minimum absolute atomic E-state index is 0.160. The molecule has 0 radical (unpaired) electrons. The van der Waals surface area contributed by atoms with E-state index >= 15 is 0 Å². The molecule has 4 rings (SSSR count). The molecule has 1 aromatic heterocycles. The molecule has 1 aliphatic carbocycles. The molecule has 1 saturated carbocycles. The van der Waals surface area contributed by atoms with Crippen LogP contribution in [0.5, 0.6) is 0 Å². The number of carbonyl (C=O) groups excluding carboxylic acids is 2. The summed E-state index contributed by atoms with van der Waals surface area (Å²) >= 11 is 0. The van der Waals surface area contributed by atoms with Crippen LogP contribution in [0.3, 0.4) is 0 Å². The van der Waals surface area contributed by atoms with E-state index in [9.17, 15) is 9.59 Å². The van der Waals surface area contributed by atoms with E-state index < -0.39 is 5.97 Å². The summed E-state index contributed by atoms with van der Waals surface area (Å²) in [6.45, 7) is 5.13. The van der Waals surface area contributed by atoms with E-state index in [1.807, 2.05) is 18.2 Å². The third-order valence-electron chi connectivity index (χ3n) is 5.88. The van der Waals surface area contributed by atoms with Gasteiger partial charge in [-0.3, -0.25) is 4.79 Å². The second kappa shape index (κ2) is 8.74. The number of carbonyl (C=O) groups is 2. The van der Waals surface area contributed by atoms with Crippen LogP contribution >= 0.6 is 0 Å². The number of nitrogens with zero attached hydrogens (tertiary/aromatic N) is 2. The van der Waals surface area contributed by atoms with Crippen LogP contribution in [0.25, 0.3) is 11.6 Å². The molecule has 0 N–H and O–H groups in total. The molecule has 0 saturated heterocycles. The van der Waals surface area contributed by atoms with Crippen LogP contribution in [0.4, 0.5) is 0 Å². The highest BCUT2D eigenvalue weighted by atomic mass is 16.5. The van der Waals surface area contributed by atoms with Crippen molar-refractivity contribution in [3.05, 3.63) is 71.1 Å². The lowest BCUT2D eigenvalue weighted by Crippen LogP contribution is -2.37. The first-order valence-electron chi connectivity index (χ1n) is 10.6. The Balaban J connectivity index is 1.27. The lowest BCUT2D eigenvalue weighted by Gasteiger charge is -2.26. The third-order valence-corrected chi connectivity index (χ3v) is 5.88. The van der Waals surface area contributed by atoms with E-state index in [1.54, 1.807) is 11.0 Å². The van der Waals surface area contributed by atoms with Gasteiger partial charge in [-0.15, -0.1) is 0 Å². The first kappa shape index (κ1) is 20.2. The average molecular weight is 405 g/mol. The van der Waals surface area contributed by atoms with Gasteiger partial charge < -0.3 is 14.2 Å². The number of aromatic nitrogens is 1. The molecule has 1 amide bonds. The molecule has 30 heavy (non-hydrogen) atoms. The van der Waals surface area contributed by atoms with E-state index in [0.29, 0.717) is 19.1 Å². The first-order chi connectivity index (χ1) is 14.5. The fourth-order valence-corrected chi connectivity index (χ4v) is 4.11. The van der Waals surface area contributed by atoms with Gasteiger partial charge in [-0.1, -0.05) is 36.4 Å². The van der Waals surface area contributed by atoms with Gasteiger partial charge in [0.05, 0.1) is 0 Å². The van der Waals surface area contributed by atoms with Crippen LogP contribution in [0.2, 0.25) is 0 Å². The zero-order valence-electron chi connectivity index (χ0n) is 17.6. The maximum absolute atomic E-state index is 12.4. The molecule has 2 aromatic rings. The number of rotatable bonds is 6. The number of aryl methyl sites for hydroxylation is 1. The Kier molecular flexibility index (Phi) is 5.88. The Morgan fingerprint density at radius 3 is 2.60 bits per heavy atom. The largest absolute Gasteiger partial charge is 0.452 e.